The van der Waals surface area contributed by atoms with Crippen LogP contribution in [0.3, 0.4) is 0 Å². The third-order valence-electron chi connectivity index (χ3n) is 4.03. The van der Waals surface area contributed by atoms with Gasteiger partial charge in [-0.3, -0.25) is 9.97 Å². The second-order valence-corrected chi connectivity index (χ2v) is 6.47. The molecule has 1 aliphatic rings. The Morgan fingerprint density at radius 2 is 2.04 bits per heavy atom. The Morgan fingerprint density at radius 3 is 2.74 bits per heavy atom. The molecule has 2 aromatic rings. The second kappa shape index (κ2) is 7.70. The molecule has 2 aromatic heterocycles. The van der Waals surface area contributed by atoms with Gasteiger partial charge in [0.05, 0.1) is 11.4 Å². The van der Waals surface area contributed by atoms with Gasteiger partial charge in [-0.2, -0.15) is 0 Å². The van der Waals surface area contributed by atoms with Crippen molar-refractivity contribution in [2.75, 3.05) is 24.2 Å². The first kappa shape index (κ1) is 16.1. The van der Waals surface area contributed by atoms with Crippen LogP contribution in [0.4, 0.5) is 5.82 Å². The fourth-order valence-corrected chi connectivity index (χ4v) is 3.03. The molecule has 0 spiro atoms. The minimum Gasteiger partial charge on any atom is -0.356 e. The molecule has 0 bridgehead atoms. The van der Waals surface area contributed by atoms with Crippen molar-refractivity contribution in [3.8, 4) is 0 Å². The lowest BCUT2D eigenvalue weighted by molar-refractivity contribution is 0.410. The predicted molar refractivity (Wildman–Crippen MR) is 92.7 cm³/mol. The summed E-state index contributed by atoms with van der Waals surface area (Å²) in [5.41, 5.74) is 1.95. The van der Waals surface area contributed by atoms with Crippen molar-refractivity contribution < 1.29 is 0 Å². The molecular formula is C16H22N6S. The van der Waals surface area contributed by atoms with E-state index in [1.807, 2.05) is 37.8 Å². The number of anilines is 1. The number of hydrogen-bond acceptors (Lipinski definition) is 7. The van der Waals surface area contributed by atoms with Gasteiger partial charge < -0.3 is 10.2 Å². The van der Waals surface area contributed by atoms with Gasteiger partial charge in [0.15, 0.2) is 5.16 Å². The number of thioether (sulfide) groups is 1. The summed E-state index contributed by atoms with van der Waals surface area (Å²) in [7, 11) is 0. The van der Waals surface area contributed by atoms with Gasteiger partial charge in [0.25, 0.3) is 0 Å². The first-order valence-electron chi connectivity index (χ1n) is 7.87. The molecule has 0 aliphatic carbocycles. The van der Waals surface area contributed by atoms with E-state index in [0.717, 1.165) is 54.8 Å². The Labute approximate surface area is 141 Å². The Kier molecular flexibility index (Phi) is 5.40. The van der Waals surface area contributed by atoms with Crippen molar-refractivity contribution >= 4 is 17.6 Å². The molecule has 0 unspecified atom stereocenters. The molecule has 1 aliphatic heterocycles. The molecule has 3 rings (SSSR count). The third kappa shape index (κ3) is 4.39. The Bertz CT molecular complexity index is 625. The van der Waals surface area contributed by atoms with Crippen LogP contribution in [0.15, 0.2) is 29.8 Å². The van der Waals surface area contributed by atoms with Crippen LogP contribution in [0, 0.1) is 6.92 Å². The number of aromatic nitrogens is 4. The highest BCUT2D eigenvalue weighted by Crippen LogP contribution is 2.19. The summed E-state index contributed by atoms with van der Waals surface area (Å²) in [5, 5.41) is 4.42. The molecule has 1 N–H and O–H groups in total. The molecule has 3 heterocycles. The largest absolute Gasteiger partial charge is 0.356 e. The first-order valence-corrected chi connectivity index (χ1v) is 9.10. The topological polar surface area (TPSA) is 66.8 Å². The van der Waals surface area contributed by atoms with Gasteiger partial charge in [-0.05, 0) is 32.1 Å². The van der Waals surface area contributed by atoms with Crippen LogP contribution < -0.4 is 10.2 Å². The summed E-state index contributed by atoms with van der Waals surface area (Å²) >= 11 is 1.58. The molecule has 0 saturated carbocycles. The zero-order valence-electron chi connectivity index (χ0n) is 13.6. The van der Waals surface area contributed by atoms with Crippen LogP contribution in [0.25, 0.3) is 0 Å². The van der Waals surface area contributed by atoms with E-state index in [2.05, 4.69) is 30.2 Å². The van der Waals surface area contributed by atoms with Gasteiger partial charge in [-0.25, -0.2) is 9.97 Å². The molecule has 7 heteroatoms. The van der Waals surface area contributed by atoms with E-state index in [0.29, 0.717) is 6.04 Å². The highest BCUT2D eigenvalue weighted by atomic mass is 32.2. The van der Waals surface area contributed by atoms with E-state index in [4.69, 9.17) is 0 Å². The van der Waals surface area contributed by atoms with Crippen molar-refractivity contribution in [1.29, 1.82) is 0 Å². The fraction of sp³-hybridized carbons (Fsp3) is 0.500. The van der Waals surface area contributed by atoms with Crippen molar-refractivity contribution in [3.63, 3.8) is 0 Å². The smallest absolute Gasteiger partial charge is 0.189 e. The normalized spacial score (nSPS) is 15.8. The maximum absolute atomic E-state index is 4.58. The van der Waals surface area contributed by atoms with E-state index < -0.39 is 0 Å². The lowest BCUT2D eigenvalue weighted by atomic mass is 10.0. The monoisotopic (exact) mass is 330 g/mol. The van der Waals surface area contributed by atoms with E-state index in [1.54, 1.807) is 11.8 Å². The number of piperidine rings is 1. The van der Waals surface area contributed by atoms with Gasteiger partial charge in [0.2, 0.25) is 0 Å². The van der Waals surface area contributed by atoms with Crippen LogP contribution in [0.5, 0.6) is 0 Å². The second-order valence-electron chi connectivity index (χ2n) is 5.69. The van der Waals surface area contributed by atoms with E-state index in [1.165, 1.54) is 0 Å². The molecular weight excluding hydrogens is 308 g/mol. The van der Waals surface area contributed by atoms with Crippen LogP contribution >= 0.6 is 11.8 Å². The maximum atomic E-state index is 4.58. The first-order chi connectivity index (χ1) is 11.2. The summed E-state index contributed by atoms with van der Waals surface area (Å²) in [6.45, 7) is 4.77. The fourth-order valence-electron chi connectivity index (χ4n) is 2.68. The standard InChI is InChI=1S/C16H22N6S/c1-12-9-19-14(10-18-12)11-20-13-4-7-22(8-5-13)15-3-6-17-16(21-15)23-2/h3,6,9-10,13,20H,4-5,7-8,11H2,1-2H3. The summed E-state index contributed by atoms with van der Waals surface area (Å²) in [4.78, 5) is 19.8. The predicted octanol–water partition coefficient (Wildman–Crippen LogP) is 2.06. The maximum Gasteiger partial charge on any atom is 0.189 e. The van der Waals surface area contributed by atoms with Crippen LogP contribution in [-0.4, -0.2) is 45.3 Å². The van der Waals surface area contributed by atoms with Crippen molar-refractivity contribution in [2.45, 2.75) is 37.5 Å². The Balaban J connectivity index is 1.49. The minimum absolute atomic E-state index is 0.524. The Morgan fingerprint density at radius 1 is 1.22 bits per heavy atom. The van der Waals surface area contributed by atoms with Crippen LogP contribution in [-0.2, 0) is 6.54 Å². The third-order valence-corrected chi connectivity index (χ3v) is 4.59. The van der Waals surface area contributed by atoms with Crippen molar-refractivity contribution in [1.82, 2.24) is 25.3 Å². The van der Waals surface area contributed by atoms with Crippen LogP contribution in [0.1, 0.15) is 24.2 Å². The minimum atomic E-state index is 0.524. The number of nitrogens with one attached hydrogen (secondary N) is 1. The summed E-state index contributed by atoms with van der Waals surface area (Å²) in [5.74, 6) is 1.03. The summed E-state index contributed by atoms with van der Waals surface area (Å²) < 4.78 is 0. The van der Waals surface area contributed by atoms with E-state index >= 15 is 0 Å². The van der Waals surface area contributed by atoms with Crippen molar-refractivity contribution in [2.24, 2.45) is 0 Å². The van der Waals surface area contributed by atoms with E-state index in [9.17, 15) is 0 Å². The lowest BCUT2D eigenvalue weighted by Gasteiger charge is -2.33. The number of rotatable bonds is 5. The molecule has 0 amide bonds. The van der Waals surface area contributed by atoms with Crippen molar-refractivity contribution in [3.05, 3.63) is 36.0 Å². The van der Waals surface area contributed by atoms with Gasteiger partial charge in [-0.1, -0.05) is 11.8 Å². The van der Waals surface area contributed by atoms with Crippen LogP contribution in [0.2, 0.25) is 0 Å². The average molecular weight is 330 g/mol. The molecule has 23 heavy (non-hydrogen) atoms. The molecule has 0 radical (unpaired) electrons. The Hall–Kier alpha value is -1.73. The SMILES string of the molecule is CSc1nccc(N2CCC(NCc3cnc(C)cn3)CC2)n1. The molecule has 1 fully saturated rings. The molecule has 0 aromatic carbocycles. The molecule has 0 atom stereocenters. The zero-order chi connectivity index (χ0) is 16.1. The molecule has 6 nitrogen and oxygen atoms in total. The number of hydrogen-bond donors (Lipinski definition) is 1. The highest BCUT2D eigenvalue weighted by molar-refractivity contribution is 7.98. The average Bonchev–Trinajstić information content (AvgIpc) is 2.62. The molecule has 122 valence electrons. The van der Waals surface area contributed by atoms with Gasteiger partial charge >= 0.3 is 0 Å². The van der Waals surface area contributed by atoms with Gasteiger partial charge in [0, 0.05) is 44.3 Å². The molecule has 1 saturated heterocycles. The van der Waals surface area contributed by atoms with E-state index in [-0.39, 0.29) is 0 Å². The number of nitrogens with zero attached hydrogens (tertiary/aromatic N) is 5. The summed E-state index contributed by atoms with van der Waals surface area (Å²) in [6, 6.07) is 2.52. The van der Waals surface area contributed by atoms with Gasteiger partial charge in [0.1, 0.15) is 5.82 Å². The quantitative estimate of drug-likeness (QED) is 0.665. The highest BCUT2D eigenvalue weighted by Gasteiger charge is 2.20. The summed E-state index contributed by atoms with van der Waals surface area (Å²) in [6.07, 6.45) is 9.73. The zero-order valence-corrected chi connectivity index (χ0v) is 14.4. The number of aryl methyl sites for hydroxylation is 1. The van der Waals surface area contributed by atoms with Gasteiger partial charge in [-0.15, -0.1) is 0 Å². The lowest BCUT2D eigenvalue weighted by Crippen LogP contribution is -2.42.